The summed E-state index contributed by atoms with van der Waals surface area (Å²) in [5.74, 6) is -0.254. The number of ether oxygens (including phenoxy) is 1. The van der Waals surface area contributed by atoms with Gasteiger partial charge in [0.05, 0.1) is 18.8 Å². The third-order valence-electron chi connectivity index (χ3n) is 3.94. The molecular weight excluding hydrogens is 242 g/mol. The molecule has 1 amide bonds. The summed E-state index contributed by atoms with van der Waals surface area (Å²) in [5.41, 5.74) is 4.95. The Bertz CT molecular complexity index is 286. The molecule has 0 radical (unpaired) electrons. The van der Waals surface area contributed by atoms with Crippen molar-refractivity contribution in [1.82, 2.24) is 10.2 Å². The van der Waals surface area contributed by atoms with E-state index in [2.05, 4.69) is 24.1 Å². The van der Waals surface area contributed by atoms with Crippen LogP contribution in [-0.2, 0) is 9.53 Å². The first-order valence-corrected chi connectivity index (χ1v) is 7.36. The van der Waals surface area contributed by atoms with Crippen LogP contribution in [-0.4, -0.2) is 55.2 Å². The highest BCUT2D eigenvalue weighted by molar-refractivity contribution is 5.84. The van der Waals surface area contributed by atoms with E-state index in [9.17, 15) is 4.79 Å². The Morgan fingerprint density at radius 2 is 2.32 bits per heavy atom. The number of hydrogen-bond donors (Lipinski definition) is 2. The van der Waals surface area contributed by atoms with E-state index < -0.39 is 5.54 Å². The van der Waals surface area contributed by atoms with Crippen molar-refractivity contribution in [1.29, 1.82) is 0 Å². The van der Waals surface area contributed by atoms with Crippen molar-refractivity contribution in [3.8, 4) is 0 Å². The van der Waals surface area contributed by atoms with Gasteiger partial charge in [0.1, 0.15) is 0 Å². The summed E-state index contributed by atoms with van der Waals surface area (Å²) >= 11 is 0. The summed E-state index contributed by atoms with van der Waals surface area (Å²) in [6, 6.07) is 0.470. The van der Waals surface area contributed by atoms with Crippen LogP contribution in [0.15, 0.2) is 0 Å². The predicted molar refractivity (Wildman–Crippen MR) is 77.0 cm³/mol. The summed E-state index contributed by atoms with van der Waals surface area (Å²) in [4.78, 5) is 14.0. The smallest absolute Gasteiger partial charge is 0.237 e. The molecule has 5 heteroatoms. The number of nitrogens with two attached hydrogens (primary N) is 1. The summed E-state index contributed by atoms with van der Waals surface area (Å²) in [5, 5.41) is 3.28. The van der Waals surface area contributed by atoms with Gasteiger partial charge in [-0.25, -0.2) is 0 Å². The van der Waals surface area contributed by atoms with Crippen LogP contribution in [0.4, 0.5) is 0 Å². The average molecular weight is 271 g/mol. The first kappa shape index (κ1) is 16.4. The maximum absolute atomic E-state index is 11.6. The number of primary amides is 1. The van der Waals surface area contributed by atoms with E-state index in [1.807, 2.05) is 6.92 Å². The molecule has 1 aliphatic heterocycles. The lowest BCUT2D eigenvalue weighted by Crippen LogP contribution is -2.54. The van der Waals surface area contributed by atoms with E-state index in [0.29, 0.717) is 6.04 Å². The molecule has 0 aromatic carbocycles. The Morgan fingerprint density at radius 1 is 1.58 bits per heavy atom. The van der Waals surface area contributed by atoms with Gasteiger partial charge in [-0.1, -0.05) is 6.92 Å². The van der Waals surface area contributed by atoms with Crippen LogP contribution in [0.25, 0.3) is 0 Å². The zero-order chi connectivity index (χ0) is 14.3. The second kappa shape index (κ2) is 7.82. The molecule has 0 aliphatic carbocycles. The minimum absolute atomic E-state index is 0.254. The maximum atomic E-state index is 11.6. The third kappa shape index (κ3) is 5.09. The minimum Gasteiger partial charge on any atom is -0.379 e. The summed E-state index contributed by atoms with van der Waals surface area (Å²) < 4.78 is 5.42. The monoisotopic (exact) mass is 271 g/mol. The van der Waals surface area contributed by atoms with Crippen LogP contribution in [0.3, 0.4) is 0 Å². The highest BCUT2D eigenvalue weighted by Crippen LogP contribution is 2.14. The lowest BCUT2D eigenvalue weighted by molar-refractivity contribution is -0.124. The molecule has 2 atom stereocenters. The molecular formula is C14H29N3O2. The number of nitrogens with one attached hydrogen (secondary N) is 1. The normalized spacial score (nSPS) is 24.1. The van der Waals surface area contributed by atoms with Crippen molar-refractivity contribution >= 4 is 5.91 Å². The summed E-state index contributed by atoms with van der Waals surface area (Å²) in [6.45, 7) is 10.6. The van der Waals surface area contributed by atoms with Gasteiger partial charge in [0, 0.05) is 12.6 Å². The van der Waals surface area contributed by atoms with Crippen LogP contribution >= 0.6 is 0 Å². The van der Waals surface area contributed by atoms with Crippen LogP contribution in [0.1, 0.15) is 40.0 Å². The first-order chi connectivity index (χ1) is 8.99. The van der Waals surface area contributed by atoms with Crippen LogP contribution in [0, 0.1) is 0 Å². The highest BCUT2D eigenvalue weighted by Gasteiger charge is 2.30. The molecule has 19 heavy (non-hydrogen) atoms. The van der Waals surface area contributed by atoms with Gasteiger partial charge in [0.2, 0.25) is 5.91 Å². The Morgan fingerprint density at radius 3 is 2.89 bits per heavy atom. The molecule has 0 aromatic rings. The number of carbonyl (C=O) groups is 1. The molecule has 1 aliphatic rings. The zero-order valence-corrected chi connectivity index (χ0v) is 12.6. The van der Waals surface area contributed by atoms with E-state index in [4.69, 9.17) is 10.5 Å². The summed E-state index contributed by atoms with van der Waals surface area (Å²) in [7, 11) is 0. The fourth-order valence-corrected chi connectivity index (χ4v) is 2.43. The Labute approximate surface area is 116 Å². The number of morpholine rings is 1. The SMILES string of the molecule is CCCNC(C)(CCCN1CCOCC1C)C(N)=O. The number of rotatable bonds is 8. The quantitative estimate of drug-likeness (QED) is 0.683. The molecule has 1 fully saturated rings. The van der Waals surface area contributed by atoms with Crippen molar-refractivity contribution in [2.45, 2.75) is 51.6 Å². The largest absolute Gasteiger partial charge is 0.379 e. The van der Waals surface area contributed by atoms with Crippen molar-refractivity contribution < 1.29 is 9.53 Å². The average Bonchev–Trinajstić information content (AvgIpc) is 2.38. The molecule has 5 nitrogen and oxygen atoms in total. The van der Waals surface area contributed by atoms with Gasteiger partial charge in [-0.05, 0) is 46.2 Å². The van der Waals surface area contributed by atoms with E-state index >= 15 is 0 Å². The van der Waals surface area contributed by atoms with Crippen LogP contribution < -0.4 is 11.1 Å². The standard InChI is InChI=1S/C14H29N3O2/c1-4-7-16-14(3,13(15)18)6-5-8-17-9-10-19-11-12(17)2/h12,16H,4-11H2,1-3H3,(H2,15,18). The number of hydrogen-bond acceptors (Lipinski definition) is 4. The third-order valence-corrected chi connectivity index (χ3v) is 3.94. The predicted octanol–water partition coefficient (Wildman–Crippen LogP) is 0.731. The molecule has 0 saturated carbocycles. The topological polar surface area (TPSA) is 67.6 Å². The molecule has 2 unspecified atom stereocenters. The van der Waals surface area contributed by atoms with Gasteiger partial charge in [-0.3, -0.25) is 9.69 Å². The lowest BCUT2D eigenvalue weighted by Gasteiger charge is -2.34. The van der Waals surface area contributed by atoms with Gasteiger partial charge in [-0.15, -0.1) is 0 Å². The van der Waals surface area contributed by atoms with Crippen molar-refractivity contribution in [2.75, 3.05) is 32.8 Å². The Kier molecular flexibility index (Phi) is 6.75. The number of amides is 1. The van der Waals surface area contributed by atoms with E-state index in [1.54, 1.807) is 0 Å². The zero-order valence-electron chi connectivity index (χ0n) is 12.6. The first-order valence-electron chi connectivity index (χ1n) is 7.36. The van der Waals surface area contributed by atoms with Crippen LogP contribution in [0.5, 0.6) is 0 Å². The number of carbonyl (C=O) groups excluding carboxylic acids is 1. The fraction of sp³-hybridized carbons (Fsp3) is 0.929. The molecule has 1 heterocycles. The van der Waals surface area contributed by atoms with Crippen LogP contribution in [0.2, 0.25) is 0 Å². The van der Waals surface area contributed by atoms with E-state index in [0.717, 1.165) is 52.1 Å². The molecule has 3 N–H and O–H groups in total. The summed E-state index contributed by atoms with van der Waals surface area (Å²) in [6.07, 6.45) is 2.76. The van der Waals surface area contributed by atoms with Gasteiger partial charge in [0.25, 0.3) is 0 Å². The second-order valence-corrected chi connectivity index (χ2v) is 5.69. The molecule has 0 spiro atoms. The van der Waals surface area contributed by atoms with E-state index in [-0.39, 0.29) is 5.91 Å². The van der Waals surface area contributed by atoms with Crippen molar-refractivity contribution in [3.05, 3.63) is 0 Å². The number of nitrogens with zero attached hydrogens (tertiary/aromatic N) is 1. The fourth-order valence-electron chi connectivity index (χ4n) is 2.43. The highest BCUT2D eigenvalue weighted by atomic mass is 16.5. The maximum Gasteiger partial charge on any atom is 0.237 e. The minimum atomic E-state index is -0.578. The molecule has 0 bridgehead atoms. The lowest BCUT2D eigenvalue weighted by atomic mass is 9.94. The van der Waals surface area contributed by atoms with Crippen molar-refractivity contribution in [3.63, 3.8) is 0 Å². The Hall–Kier alpha value is -0.650. The van der Waals surface area contributed by atoms with Gasteiger partial charge < -0.3 is 15.8 Å². The molecule has 1 saturated heterocycles. The molecule has 0 aromatic heterocycles. The van der Waals surface area contributed by atoms with Gasteiger partial charge >= 0.3 is 0 Å². The second-order valence-electron chi connectivity index (χ2n) is 5.69. The van der Waals surface area contributed by atoms with E-state index in [1.165, 1.54) is 0 Å². The molecule has 112 valence electrons. The Balaban J connectivity index is 2.37. The van der Waals surface area contributed by atoms with Gasteiger partial charge in [-0.2, -0.15) is 0 Å². The van der Waals surface area contributed by atoms with Crippen molar-refractivity contribution in [2.24, 2.45) is 5.73 Å². The van der Waals surface area contributed by atoms with Gasteiger partial charge in [0.15, 0.2) is 0 Å². The molecule has 1 rings (SSSR count).